The predicted octanol–water partition coefficient (Wildman–Crippen LogP) is 2.76. The van der Waals surface area contributed by atoms with E-state index in [0.29, 0.717) is 0 Å². The molecule has 0 unspecified atom stereocenters. The lowest BCUT2D eigenvalue weighted by molar-refractivity contribution is -0.140. The second-order valence-corrected chi connectivity index (χ2v) is 26.5. The van der Waals surface area contributed by atoms with Gasteiger partial charge in [0.15, 0.2) is 28.6 Å². The minimum absolute atomic E-state index is 0.0125. The number of amides is 1. The summed E-state index contributed by atoms with van der Waals surface area (Å²) in [4.78, 5) is 56.0. The van der Waals surface area contributed by atoms with E-state index >= 15 is 0 Å². The molecule has 1 aromatic rings. The topological polar surface area (TPSA) is 161 Å². The number of aliphatic hydroxyl groups excluding tert-OH is 1. The molecule has 2 aliphatic heterocycles. The van der Waals surface area contributed by atoms with Crippen molar-refractivity contribution in [2.24, 2.45) is 0 Å². The molecule has 15 heteroatoms. The number of likely N-dealkylation sites (N-methyl/N-ethyl adjacent to an activating group) is 1. The molecule has 3 heterocycles. The smallest absolute Gasteiger partial charge is 0.330 e. The van der Waals surface area contributed by atoms with Crippen LogP contribution in [0.1, 0.15) is 68.5 Å². The zero-order chi connectivity index (χ0) is 36.1. The summed E-state index contributed by atoms with van der Waals surface area (Å²) in [6.07, 6.45) is -4.21. The minimum Gasteiger partial charge on any atom is -0.408 e. The Bertz CT molecular complexity index is 1410. The maximum atomic E-state index is 13.8. The number of rotatable bonds is 9. The molecule has 1 amide bonds. The van der Waals surface area contributed by atoms with E-state index in [0.717, 1.165) is 0 Å². The van der Waals surface area contributed by atoms with Gasteiger partial charge in [0.1, 0.15) is 36.5 Å². The number of hydrogen-bond acceptors (Lipinski definition) is 10. The molecule has 2 aliphatic rings. The molecule has 3 N–H and O–H groups in total. The van der Waals surface area contributed by atoms with Crippen LogP contribution in [0.4, 0.5) is 0 Å². The highest BCUT2D eigenvalue weighted by atomic mass is 28.4. The van der Waals surface area contributed by atoms with Crippen molar-refractivity contribution in [2.75, 3.05) is 20.2 Å². The first kappa shape index (κ1) is 39.5. The highest BCUT2D eigenvalue weighted by molar-refractivity contribution is 6.74. The summed E-state index contributed by atoms with van der Waals surface area (Å²) in [5, 5.41) is 14.5. The Morgan fingerprint density at radius 3 is 1.96 bits per heavy atom. The van der Waals surface area contributed by atoms with E-state index in [1.807, 2.05) is 20.8 Å². The van der Waals surface area contributed by atoms with Crippen LogP contribution < -0.4 is 16.6 Å². The Hall–Kier alpha value is -1.99. The van der Waals surface area contributed by atoms with Gasteiger partial charge in [-0.25, -0.2) is 4.79 Å². The number of hydrogen-bond donors (Lipinski definition) is 3. The number of H-pyrrole nitrogens is 1. The van der Waals surface area contributed by atoms with E-state index in [9.17, 15) is 24.3 Å². The molecular weight excluding hydrogens is 641 g/mol. The summed E-state index contributed by atoms with van der Waals surface area (Å²) in [5.41, 5.74) is -1.80. The minimum atomic E-state index is -2.60. The number of aromatic amines is 1. The highest BCUT2D eigenvalue weighted by Crippen LogP contribution is 2.46. The molecule has 0 aliphatic carbocycles. The maximum Gasteiger partial charge on any atom is 0.330 e. The standard InChI is InChI=1S/C32H58N4O9Si2/c1-30(2,3)42-18-19-20(37)17-35(10)22(27(40)33-19)23(39)24-25(44-46(11,12)31(4,5)6)26(45-47(13,14)32(7,8)9)28(43-24)36-16-15-21(38)34-29(36)41/h15-16,19,22-26,28,39H,17-18H2,1-14H3,(H,33,40)(H,34,38,41)/t19-,22-,23+,24-,25-,26-,28-/m1/s1. The molecule has 47 heavy (non-hydrogen) atoms. The van der Waals surface area contributed by atoms with Crippen molar-refractivity contribution in [3.8, 4) is 0 Å². The molecule has 13 nitrogen and oxygen atoms in total. The molecule has 0 spiro atoms. The summed E-state index contributed by atoms with van der Waals surface area (Å²) in [6.45, 7) is 26.3. The summed E-state index contributed by atoms with van der Waals surface area (Å²) in [5.74, 6) is -0.812. The fourth-order valence-corrected chi connectivity index (χ4v) is 7.73. The van der Waals surface area contributed by atoms with Crippen LogP contribution in [0.25, 0.3) is 0 Å². The van der Waals surface area contributed by atoms with E-state index in [1.165, 1.54) is 21.7 Å². The van der Waals surface area contributed by atoms with Crippen LogP contribution in [0, 0.1) is 0 Å². The molecule has 0 radical (unpaired) electrons. The van der Waals surface area contributed by atoms with Crippen molar-refractivity contribution in [1.82, 2.24) is 19.8 Å². The average Bonchev–Trinajstić information content (AvgIpc) is 3.15. The third kappa shape index (κ3) is 8.98. The van der Waals surface area contributed by atoms with Gasteiger partial charge in [0, 0.05) is 12.3 Å². The van der Waals surface area contributed by atoms with Gasteiger partial charge in [0.25, 0.3) is 5.56 Å². The summed E-state index contributed by atoms with van der Waals surface area (Å²) < 4.78 is 27.7. The Morgan fingerprint density at radius 1 is 0.936 bits per heavy atom. The van der Waals surface area contributed by atoms with Gasteiger partial charge < -0.3 is 28.7 Å². The van der Waals surface area contributed by atoms with E-state index in [2.05, 4.69) is 78.0 Å². The number of ketones is 1. The van der Waals surface area contributed by atoms with Gasteiger partial charge in [-0.3, -0.25) is 28.8 Å². The fraction of sp³-hybridized carbons (Fsp3) is 0.812. The van der Waals surface area contributed by atoms with Crippen LogP contribution in [0.3, 0.4) is 0 Å². The van der Waals surface area contributed by atoms with Crippen molar-refractivity contribution in [3.05, 3.63) is 33.1 Å². The van der Waals surface area contributed by atoms with E-state index in [4.69, 9.17) is 18.3 Å². The Kier molecular flexibility index (Phi) is 11.5. The van der Waals surface area contributed by atoms with Crippen LogP contribution in [0.5, 0.6) is 0 Å². The monoisotopic (exact) mass is 698 g/mol. The number of nitrogens with one attached hydrogen (secondary N) is 2. The van der Waals surface area contributed by atoms with Gasteiger partial charge in [-0.05, 0) is 64.1 Å². The number of carbonyl (C=O) groups excluding carboxylic acids is 2. The maximum absolute atomic E-state index is 13.8. The third-order valence-electron chi connectivity index (χ3n) is 10.0. The van der Waals surface area contributed by atoms with Gasteiger partial charge in [-0.2, -0.15) is 0 Å². The lowest BCUT2D eigenvalue weighted by Crippen LogP contribution is -2.60. The van der Waals surface area contributed by atoms with Gasteiger partial charge in [0.2, 0.25) is 5.91 Å². The largest absolute Gasteiger partial charge is 0.408 e. The Morgan fingerprint density at radius 2 is 1.47 bits per heavy atom. The van der Waals surface area contributed by atoms with Crippen LogP contribution in [-0.2, 0) is 27.9 Å². The first-order valence-corrected chi connectivity index (χ1v) is 22.2. The lowest BCUT2D eigenvalue weighted by Gasteiger charge is -2.44. The second kappa shape index (κ2) is 13.7. The average molecular weight is 699 g/mol. The first-order valence-electron chi connectivity index (χ1n) is 16.3. The van der Waals surface area contributed by atoms with Gasteiger partial charge in [-0.15, -0.1) is 0 Å². The van der Waals surface area contributed by atoms with Crippen LogP contribution >= 0.6 is 0 Å². The molecule has 0 saturated carbocycles. The van der Waals surface area contributed by atoms with E-state index in [1.54, 1.807) is 7.05 Å². The van der Waals surface area contributed by atoms with Crippen LogP contribution in [0.2, 0.25) is 36.3 Å². The predicted molar refractivity (Wildman–Crippen MR) is 184 cm³/mol. The lowest BCUT2D eigenvalue weighted by atomic mass is 9.98. The number of ether oxygens (including phenoxy) is 2. The number of nitrogens with zero attached hydrogens (tertiary/aromatic N) is 2. The van der Waals surface area contributed by atoms with E-state index < -0.39 is 82.1 Å². The number of aromatic nitrogens is 2. The van der Waals surface area contributed by atoms with E-state index in [-0.39, 0.29) is 29.0 Å². The Labute approximate surface area is 281 Å². The molecule has 0 bridgehead atoms. The molecule has 0 aromatic carbocycles. The molecule has 7 atom stereocenters. The third-order valence-corrected chi connectivity index (χ3v) is 19.0. The summed E-state index contributed by atoms with van der Waals surface area (Å²) >= 11 is 0. The number of aliphatic hydroxyl groups is 1. The number of carbonyl (C=O) groups is 2. The highest BCUT2D eigenvalue weighted by Gasteiger charge is 2.58. The normalized spacial score (nSPS) is 27.9. The summed E-state index contributed by atoms with van der Waals surface area (Å²) in [6, 6.07) is -0.875. The van der Waals surface area contributed by atoms with Crippen molar-refractivity contribution in [1.29, 1.82) is 0 Å². The second-order valence-electron chi connectivity index (χ2n) is 17.0. The van der Waals surface area contributed by atoms with Crippen molar-refractivity contribution in [3.63, 3.8) is 0 Å². The van der Waals surface area contributed by atoms with Crippen molar-refractivity contribution < 1.29 is 33.0 Å². The fourth-order valence-electron chi connectivity index (χ4n) is 5.14. The molecule has 2 saturated heterocycles. The zero-order valence-corrected chi connectivity index (χ0v) is 32.7. The van der Waals surface area contributed by atoms with Gasteiger partial charge in [-0.1, -0.05) is 41.5 Å². The number of Topliss-reactive ketones (excluding diaryl/α,β-unsaturated/α-hetero) is 1. The molecule has 268 valence electrons. The van der Waals surface area contributed by atoms with Gasteiger partial charge >= 0.3 is 5.69 Å². The molecular formula is C32H58N4O9Si2. The quantitative estimate of drug-likeness (QED) is 0.327. The summed E-state index contributed by atoms with van der Waals surface area (Å²) in [7, 11) is -3.58. The van der Waals surface area contributed by atoms with Crippen LogP contribution in [-0.4, -0.2) is 110 Å². The SMILES string of the molecule is CN1CC(=O)[C@@H](COC(C)(C)C)NC(=O)[C@H]1[C@H](O)[C@H]1O[C@@H](n2ccc(=O)[nH]c2=O)[C@H](O[Si](C)(C)C(C)(C)C)[C@@H]1O[Si](C)(C)C(C)(C)C. The molecule has 1 aromatic heterocycles. The van der Waals surface area contributed by atoms with Crippen molar-refractivity contribution >= 4 is 28.3 Å². The molecule has 3 rings (SSSR count). The molecule has 2 fully saturated rings. The van der Waals surface area contributed by atoms with Gasteiger partial charge in [0.05, 0.1) is 18.8 Å². The van der Waals surface area contributed by atoms with Crippen LogP contribution in [0.15, 0.2) is 21.9 Å². The first-order chi connectivity index (χ1) is 21.2. The van der Waals surface area contributed by atoms with Crippen molar-refractivity contribution in [2.45, 2.75) is 147 Å². The Balaban J connectivity index is 2.15. The zero-order valence-electron chi connectivity index (χ0n) is 30.7.